The molecule has 2 aromatic carbocycles. The highest BCUT2D eigenvalue weighted by atomic mass is 32.2. The molecule has 2 aromatic heterocycles. The molecule has 45 heavy (non-hydrogen) atoms. The second-order valence-electron chi connectivity index (χ2n) is 12.8. The van der Waals surface area contributed by atoms with Crippen LogP contribution in [0.4, 0.5) is 14.5 Å². The molecule has 3 heterocycles. The molecule has 11 nitrogen and oxygen atoms in total. The number of nitrogens with zero attached hydrogens (tertiary/aromatic N) is 3. The number of aliphatic hydroxyl groups is 1. The number of nitrogens with one attached hydrogen (secondary N) is 2. The average molecular weight is 648 g/mol. The van der Waals surface area contributed by atoms with Crippen LogP contribution in [0.1, 0.15) is 53.5 Å². The first kappa shape index (κ1) is 31.0. The van der Waals surface area contributed by atoms with E-state index in [1.807, 2.05) is 43.5 Å². The van der Waals surface area contributed by atoms with E-state index >= 15 is 0 Å². The molecule has 1 fully saturated rings. The van der Waals surface area contributed by atoms with E-state index in [0.717, 1.165) is 16.6 Å². The maximum absolute atomic E-state index is 13.5. The van der Waals surface area contributed by atoms with Crippen LogP contribution in [0.5, 0.6) is 11.5 Å². The fraction of sp³-hybridized carbons (Fsp3) is 0.419. The van der Waals surface area contributed by atoms with E-state index in [4.69, 9.17) is 0 Å². The molecule has 244 valence electrons. The van der Waals surface area contributed by atoms with Crippen LogP contribution in [0.3, 0.4) is 0 Å². The van der Waals surface area contributed by atoms with Crippen LogP contribution in [-0.4, -0.2) is 52.5 Å². The van der Waals surface area contributed by atoms with Crippen molar-refractivity contribution >= 4 is 32.5 Å². The van der Waals surface area contributed by atoms with E-state index in [2.05, 4.69) is 24.5 Å². The third-order valence-electron chi connectivity index (χ3n) is 8.33. The Labute approximate surface area is 262 Å². The Morgan fingerprint density at radius 1 is 1.13 bits per heavy atom. The van der Waals surface area contributed by atoms with Gasteiger partial charge in [0.2, 0.25) is 5.91 Å². The summed E-state index contributed by atoms with van der Waals surface area (Å²) in [4.78, 5) is 17.5. The van der Waals surface area contributed by atoms with Gasteiger partial charge in [-0.05, 0) is 61.7 Å². The normalized spacial score (nSPS) is 17.4. The van der Waals surface area contributed by atoms with Crippen molar-refractivity contribution in [2.45, 2.75) is 75.3 Å². The van der Waals surface area contributed by atoms with Crippen molar-refractivity contribution in [2.24, 2.45) is 7.05 Å². The average Bonchev–Trinajstić information content (AvgIpc) is 3.45. The monoisotopic (exact) mass is 647 g/mol. The Morgan fingerprint density at radius 3 is 2.49 bits per heavy atom. The van der Waals surface area contributed by atoms with Crippen LogP contribution in [0, 0.1) is 6.92 Å². The molecule has 1 atom stereocenters. The van der Waals surface area contributed by atoms with Gasteiger partial charge < -0.3 is 29.0 Å². The number of aliphatic hydroxyl groups excluding tert-OH is 1. The van der Waals surface area contributed by atoms with Gasteiger partial charge in [0.15, 0.2) is 16.5 Å². The quantitative estimate of drug-likeness (QED) is 0.237. The molecule has 1 saturated carbocycles. The van der Waals surface area contributed by atoms with Crippen molar-refractivity contribution in [1.29, 1.82) is 0 Å². The zero-order chi connectivity index (χ0) is 32.5. The SMILES string of the molecule is Cc1nc(S(=O)(=O)NC[C@H](O)Cn2c(C(C)(C)C)cc3cc(NC(=O)C4(c5ccc6c(c5)OC(F)(F)O6)CC4)ccc32)cn1C.[HH].[HH]. The Bertz CT molecular complexity index is 1920. The van der Waals surface area contributed by atoms with Crippen molar-refractivity contribution in [3.05, 3.63) is 65.7 Å². The molecule has 0 unspecified atom stereocenters. The molecule has 0 saturated heterocycles. The first-order valence-corrected chi connectivity index (χ1v) is 16.0. The largest absolute Gasteiger partial charge is 0.586 e. The van der Waals surface area contributed by atoms with Crippen LogP contribution in [0.2, 0.25) is 0 Å². The molecule has 1 aliphatic carbocycles. The van der Waals surface area contributed by atoms with E-state index < -0.39 is 27.8 Å². The van der Waals surface area contributed by atoms with Gasteiger partial charge in [0.25, 0.3) is 10.0 Å². The fourth-order valence-corrected chi connectivity index (χ4v) is 6.76. The lowest BCUT2D eigenvalue weighted by Gasteiger charge is -2.24. The third kappa shape index (κ3) is 5.89. The summed E-state index contributed by atoms with van der Waals surface area (Å²) in [6, 6.07) is 11.9. The molecule has 3 N–H and O–H groups in total. The topological polar surface area (TPSA) is 137 Å². The van der Waals surface area contributed by atoms with Gasteiger partial charge in [-0.3, -0.25) is 4.79 Å². The number of carbonyl (C=O) groups is 1. The molecule has 14 heteroatoms. The Balaban J connectivity index is 0.00000250. The number of rotatable bonds is 9. The number of aromatic nitrogens is 3. The van der Waals surface area contributed by atoms with Gasteiger partial charge in [0, 0.05) is 50.3 Å². The lowest BCUT2D eigenvalue weighted by molar-refractivity contribution is -0.286. The van der Waals surface area contributed by atoms with Crippen LogP contribution in [0.25, 0.3) is 10.9 Å². The maximum atomic E-state index is 13.5. The molecule has 4 aromatic rings. The number of aryl methyl sites for hydroxylation is 2. The van der Waals surface area contributed by atoms with Gasteiger partial charge in [-0.15, -0.1) is 8.78 Å². The van der Waals surface area contributed by atoms with Gasteiger partial charge in [0.05, 0.1) is 18.1 Å². The van der Waals surface area contributed by atoms with Crippen LogP contribution in [-0.2, 0) is 39.2 Å². The molecular weight excluding hydrogens is 608 g/mol. The van der Waals surface area contributed by atoms with Gasteiger partial charge in [-0.1, -0.05) is 26.8 Å². The summed E-state index contributed by atoms with van der Waals surface area (Å²) in [6.45, 7) is 7.72. The Hall–Kier alpha value is -4.01. The number of anilines is 1. The van der Waals surface area contributed by atoms with Gasteiger partial charge >= 0.3 is 6.29 Å². The number of carbonyl (C=O) groups excluding carboxylic acids is 1. The first-order valence-electron chi connectivity index (χ1n) is 14.5. The van der Waals surface area contributed by atoms with Crippen molar-refractivity contribution in [3.63, 3.8) is 0 Å². The number of benzene rings is 2. The highest BCUT2D eigenvalue weighted by molar-refractivity contribution is 7.89. The lowest BCUT2D eigenvalue weighted by Crippen LogP contribution is -2.35. The molecule has 0 spiro atoms. The van der Waals surface area contributed by atoms with Gasteiger partial charge in [0.1, 0.15) is 5.82 Å². The van der Waals surface area contributed by atoms with E-state index in [1.165, 1.54) is 18.3 Å². The highest BCUT2D eigenvalue weighted by Crippen LogP contribution is 2.52. The van der Waals surface area contributed by atoms with Crippen molar-refractivity contribution in [3.8, 4) is 11.5 Å². The molecule has 0 bridgehead atoms. The molecule has 0 radical (unpaired) electrons. The Morgan fingerprint density at radius 2 is 1.84 bits per heavy atom. The molecule has 1 amide bonds. The predicted molar refractivity (Wildman–Crippen MR) is 166 cm³/mol. The maximum Gasteiger partial charge on any atom is 0.586 e. The minimum absolute atomic E-state index is 0. The van der Waals surface area contributed by atoms with E-state index in [1.54, 1.807) is 30.7 Å². The second kappa shape index (κ2) is 10.5. The summed E-state index contributed by atoms with van der Waals surface area (Å²) in [5, 5.41) is 14.6. The van der Waals surface area contributed by atoms with Crippen molar-refractivity contribution < 1.29 is 39.4 Å². The fourth-order valence-electron chi connectivity index (χ4n) is 5.65. The van der Waals surface area contributed by atoms with E-state index in [9.17, 15) is 27.1 Å². The third-order valence-corrected chi connectivity index (χ3v) is 9.62. The van der Waals surface area contributed by atoms with Crippen LogP contribution < -0.4 is 19.5 Å². The minimum atomic E-state index is -3.91. The predicted octanol–water partition coefficient (Wildman–Crippen LogP) is 4.80. The summed E-state index contributed by atoms with van der Waals surface area (Å²) in [5.74, 6) is 0.118. The van der Waals surface area contributed by atoms with Crippen LogP contribution in [0.15, 0.2) is 53.7 Å². The molecular formula is C31H39F2N5O6S. The second-order valence-corrected chi connectivity index (χ2v) is 14.5. The number of hydrogen-bond acceptors (Lipinski definition) is 7. The number of ether oxygens (including phenoxy) is 2. The number of amides is 1. The van der Waals surface area contributed by atoms with Crippen molar-refractivity contribution in [2.75, 3.05) is 11.9 Å². The van der Waals surface area contributed by atoms with Crippen molar-refractivity contribution in [1.82, 2.24) is 18.8 Å². The summed E-state index contributed by atoms with van der Waals surface area (Å²) in [5.41, 5.74) is 1.67. The number of imidazole rings is 1. The van der Waals surface area contributed by atoms with Gasteiger partial charge in [-0.2, -0.15) is 0 Å². The van der Waals surface area contributed by atoms with Gasteiger partial charge in [-0.25, -0.2) is 18.1 Å². The van der Waals surface area contributed by atoms with E-state index in [0.29, 0.717) is 29.9 Å². The minimum Gasteiger partial charge on any atom is -0.395 e. The smallest absolute Gasteiger partial charge is 0.395 e. The summed E-state index contributed by atoms with van der Waals surface area (Å²) < 4.78 is 67.6. The number of halogens is 2. The number of sulfonamides is 1. The number of hydrogen-bond donors (Lipinski definition) is 3. The van der Waals surface area contributed by atoms with Crippen LogP contribution >= 0.6 is 0 Å². The molecule has 1 aliphatic heterocycles. The molecule has 6 rings (SSSR count). The summed E-state index contributed by atoms with van der Waals surface area (Å²) in [6.07, 6.45) is -2.25. The zero-order valence-corrected chi connectivity index (χ0v) is 26.3. The number of fused-ring (bicyclic) bond motifs is 2. The summed E-state index contributed by atoms with van der Waals surface area (Å²) in [7, 11) is -2.21. The highest BCUT2D eigenvalue weighted by Gasteiger charge is 2.52. The summed E-state index contributed by atoms with van der Waals surface area (Å²) >= 11 is 0. The first-order chi connectivity index (χ1) is 21.0. The Kier molecular flexibility index (Phi) is 7.25. The number of alkyl halides is 2. The zero-order valence-electron chi connectivity index (χ0n) is 25.5. The standard InChI is InChI=1S/C31H35F2N5O6S.2H2/c1-18-35-27(17-37(18)5)45(41,42)34-15-22(39)16-38-23-8-7-21(12-19(23)13-26(38)29(2,3)4)36-28(40)30(10-11-30)20-6-9-24-25(14-20)44-31(32,33)43-24;;/h6-9,12-14,17,22,34,39H,10-11,15-16H2,1-5H3,(H,36,40);2*1H/t22-;;/m0../s1. The lowest BCUT2D eigenvalue weighted by atomic mass is 9.92. The molecule has 2 aliphatic rings. The van der Waals surface area contributed by atoms with E-state index in [-0.39, 0.29) is 43.8 Å².